The first-order valence-electron chi connectivity index (χ1n) is 8.35. The van der Waals surface area contributed by atoms with E-state index in [1.54, 1.807) is 4.90 Å². The molecule has 7 nitrogen and oxygen atoms in total. The number of hydrogen-bond donors (Lipinski definition) is 1. The van der Waals surface area contributed by atoms with Crippen molar-refractivity contribution < 1.29 is 27.5 Å². The number of hydrogen-bond acceptors (Lipinski definition) is 7. The molecule has 11 heteroatoms. The molecule has 1 aliphatic rings. The lowest BCUT2D eigenvalue weighted by Gasteiger charge is -2.24. The molecule has 0 radical (unpaired) electrons. The van der Waals surface area contributed by atoms with E-state index in [9.17, 15) is 22.8 Å². The number of carbonyl (C=O) groups excluding carboxylic acids is 2. The third kappa shape index (κ3) is 4.47. The first kappa shape index (κ1) is 20.2. The maximum Gasteiger partial charge on any atom is 0.416 e. The van der Waals surface area contributed by atoms with E-state index >= 15 is 0 Å². The van der Waals surface area contributed by atoms with Crippen LogP contribution in [-0.4, -0.2) is 51.3 Å². The van der Waals surface area contributed by atoms with Crippen molar-refractivity contribution in [1.82, 2.24) is 19.0 Å². The number of halogens is 3. The lowest BCUT2D eigenvalue weighted by atomic mass is 10.1. The number of likely N-dealkylation sites (tertiary alicyclic amines) is 1. The van der Waals surface area contributed by atoms with Gasteiger partial charge in [0.2, 0.25) is 0 Å². The molecular weight excluding hydrogens is 397 g/mol. The number of methoxy groups -OCH3 is 1. The second kappa shape index (κ2) is 8.23. The number of nitrogens with one attached hydrogen (secondary N) is 1. The minimum Gasteiger partial charge on any atom is -0.468 e. The van der Waals surface area contributed by atoms with E-state index in [1.807, 2.05) is 0 Å². The van der Waals surface area contributed by atoms with Crippen LogP contribution in [0.1, 0.15) is 28.0 Å². The fourth-order valence-electron chi connectivity index (χ4n) is 3.24. The Morgan fingerprint density at radius 3 is 2.75 bits per heavy atom. The Kier molecular flexibility index (Phi) is 5.94. The van der Waals surface area contributed by atoms with Crippen molar-refractivity contribution in [2.24, 2.45) is 0 Å². The van der Waals surface area contributed by atoms with Crippen molar-refractivity contribution in [3.63, 3.8) is 0 Å². The molecule has 150 valence electrons. The number of esters is 1. The van der Waals surface area contributed by atoms with Gasteiger partial charge in [0.1, 0.15) is 6.04 Å². The molecule has 0 saturated carbocycles. The van der Waals surface area contributed by atoms with Crippen LogP contribution in [0, 0.1) is 0 Å². The molecule has 1 N–H and O–H groups in total. The number of ether oxygens (including phenoxy) is 1. The molecule has 1 aromatic carbocycles. The lowest BCUT2D eigenvalue weighted by Crippen LogP contribution is -2.38. The van der Waals surface area contributed by atoms with Crippen molar-refractivity contribution in [3.8, 4) is 0 Å². The molecule has 3 rings (SSSR count). The van der Waals surface area contributed by atoms with Crippen molar-refractivity contribution in [3.05, 3.63) is 47.3 Å². The van der Waals surface area contributed by atoms with E-state index in [2.05, 4.69) is 14.1 Å². The summed E-state index contributed by atoms with van der Waals surface area (Å²) in [7, 11) is 1.22. The van der Waals surface area contributed by atoms with Gasteiger partial charge < -0.3 is 10.1 Å². The first-order chi connectivity index (χ1) is 13.3. The minimum atomic E-state index is -4.50. The van der Waals surface area contributed by atoms with Crippen LogP contribution in [0.3, 0.4) is 0 Å². The van der Waals surface area contributed by atoms with Gasteiger partial charge in [-0.15, -0.1) is 0 Å². The Morgan fingerprint density at radius 2 is 2.11 bits per heavy atom. The van der Waals surface area contributed by atoms with Crippen LogP contribution in [0.2, 0.25) is 0 Å². The topological polar surface area (TPSA) is 84.4 Å². The number of amides is 1. The SMILES string of the molecule is COC(=O)[C@@H]1C[C@H](NC(=O)c2cnsn2)CN1Cc1ccccc1C(F)(F)F. The molecule has 1 fully saturated rings. The van der Waals surface area contributed by atoms with Gasteiger partial charge in [0.05, 0.1) is 30.6 Å². The van der Waals surface area contributed by atoms with E-state index < -0.39 is 35.7 Å². The summed E-state index contributed by atoms with van der Waals surface area (Å²) in [4.78, 5) is 25.9. The van der Waals surface area contributed by atoms with Gasteiger partial charge >= 0.3 is 12.1 Å². The Labute approximate surface area is 162 Å². The lowest BCUT2D eigenvalue weighted by molar-refractivity contribution is -0.146. The van der Waals surface area contributed by atoms with Crippen molar-refractivity contribution in [2.45, 2.75) is 31.2 Å². The molecule has 0 spiro atoms. The van der Waals surface area contributed by atoms with E-state index in [1.165, 1.54) is 31.5 Å². The molecule has 2 aromatic rings. The maximum absolute atomic E-state index is 13.3. The van der Waals surface area contributed by atoms with E-state index in [0.29, 0.717) is 0 Å². The predicted molar refractivity (Wildman–Crippen MR) is 93.4 cm³/mol. The van der Waals surface area contributed by atoms with Gasteiger partial charge in [-0.2, -0.15) is 21.9 Å². The number of nitrogens with zero attached hydrogens (tertiary/aromatic N) is 3. The van der Waals surface area contributed by atoms with Crippen LogP contribution in [-0.2, 0) is 22.3 Å². The molecule has 1 aromatic heterocycles. The van der Waals surface area contributed by atoms with E-state index in [4.69, 9.17) is 4.74 Å². The Bertz CT molecular complexity index is 844. The number of alkyl halides is 3. The molecule has 0 unspecified atom stereocenters. The van der Waals surface area contributed by atoms with Crippen molar-refractivity contribution >= 4 is 23.6 Å². The van der Waals surface area contributed by atoms with Crippen LogP contribution in [0.4, 0.5) is 13.2 Å². The molecule has 2 atom stereocenters. The second-order valence-corrected chi connectivity index (χ2v) is 6.88. The fourth-order valence-corrected chi connectivity index (χ4v) is 3.65. The zero-order chi connectivity index (χ0) is 20.3. The van der Waals surface area contributed by atoms with Gasteiger partial charge in [-0.3, -0.25) is 14.5 Å². The van der Waals surface area contributed by atoms with Crippen LogP contribution >= 0.6 is 11.7 Å². The highest BCUT2D eigenvalue weighted by Crippen LogP contribution is 2.33. The predicted octanol–water partition coefficient (Wildman–Crippen LogP) is 2.10. The third-order valence-electron chi connectivity index (χ3n) is 4.50. The molecule has 28 heavy (non-hydrogen) atoms. The Balaban J connectivity index is 1.77. The van der Waals surface area contributed by atoms with Gasteiger partial charge in [0, 0.05) is 19.1 Å². The van der Waals surface area contributed by atoms with Crippen LogP contribution < -0.4 is 5.32 Å². The molecular formula is C17H17F3N4O3S. The zero-order valence-corrected chi connectivity index (χ0v) is 15.6. The third-order valence-corrected chi connectivity index (χ3v) is 4.98. The summed E-state index contributed by atoms with van der Waals surface area (Å²) in [6.07, 6.45) is -2.95. The summed E-state index contributed by atoms with van der Waals surface area (Å²) in [6.45, 7) is 0.106. The fraction of sp³-hybridized carbons (Fsp3) is 0.412. The van der Waals surface area contributed by atoms with Crippen LogP contribution in [0.15, 0.2) is 30.5 Å². The smallest absolute Gasteiger partial charge is 0.416 e. The van der Waals surface area contributed by atoms with Crippen LogP contribution in [0.25, 0.3) is 0 Å². The summed E-state index contributed by atoms with van der Waals surface area (Å²) in [5, 5.41) is 2.74. The maximum atomic E-state index is 13.3. The normalized spacial score (nSPS) is 20.1. The summed E-state index contributed by atoms with van der Waals surface area (Å²) in [5.74, 6) is -1.00. The zero-order valence-electron chi connectivity index (χ0n) is 14.8. The molecule has 1 aliphatic heterocycles. The average molecular weight is 414 g/mol. The van der Waals surface area contributed by atoms with E-state index in [-0.39, 0.29) is 30.8 Å². The summed E-state index contributed by atoms with van der Waals surface area (Å²) < 4.78 is 52.2. The number of rotatable bonds is 5. The average Bonchev–Trinajstić information content (AvgIpc) is 3.31. The summed E-state index contributed by atoms with van der Waals surface area (Å²) >= 11 is 0.889. The largest absolute Gasteiger partial charge is 0.468 e. The monoisotopic (exact) mass is 414 g/mol. The second-order valence-electron chi connectivity index (χ2n) is 6.32. The van der Waals surface area contributed by atoms with Gasteiger partial charge in [-0.25, -0.2) is 0 Å². The number of benzene rings is 1. The quantitative estimate of drug-likeness (QED) is 0.755. The molecule has 0 bridgehead atoms. The Morgan fingerprint density at radius 1 is 1.36 bits per heavy atom. The van der Waals surface area contributed by atoms with Crippen molar-refractivity contribution in [1.29, 1.82) is 0 Å². The summed E-state index contributed by atoms with van der Waals surface area (Å²) in [6, 6.07) is 4.03. The van der Waals surface area contributed by atoms with Gasteiger partial charge in [-0.05, 0) is 18.1 Å². The van der Waals surface area contributed by atoms with Gasteiger partial charge in [0.15, 0.2) is 5.69 Å². The molecule has 0 aliphatic carbocycles. The van der Waals surface area contributed by atoms with Gasteiger partial charge in [-0.1, -0.05) is 18.2 Å². The number of aromatic nitrogens is 2. The van der Waals surface area contributed by atoms with Crippen LogP contribution in [0.5, 0.6) is 0 Å². The highest BCUT2D eigenvalue weighted by molar-refractivity contribution is 6.99. The molecule has 1 saturated heterocycles. The first-order valence-corrected chi connectivity index (χ1v) is 9.08. The highest BCUT2D eigenvalue weighted by Gasteiger charge is 2.40. The molecule has 1 amide bonds. The minimum absolute atomic E-state index is 0.0552. The summed E-state index contributed by atoms with van der Waals surface area (Å²) in [5.41, 5.74) is -0.542. The highest BCUT2D eigenvalue weighted by atomic mass is 32.1. The standard InChI is InChI=1S/C17H17F3N4O3S/c1-27-16(26)14-6-11(22-15(25)13-7-21-28-23-13)9-24(14)8-10-4-2-3-5-12(10)17(18,19)20/h2-5,7,11,14H,6,8-9H2,1H3,(H,22,25)/t11-,14-/m0/s1. The Hall–Kier alpha value is -2.53. The number of carbonyl (C=O) groups is 2. The molecule has 2 heterocycles. The van der Waals surface area contributed by atoms with Gasteiger partial charge in [0.25, 0.3) is 5.91 Å². The van der Waals surface area contributed by atoms with Crippen molar-refractivity contribution in [2.75, 3.05) is 13.7 Å². The van der Waals surface area contributed by atoms with E-state index in [0.717, 1.165) is 17.8 Å².